The molecule has 0 aromatic heterocycles. The first-order chi connectivity index (χ1) is 29.3. The van der Waals surface area contributed by atoms with Crippen molar-refractivity contribution in [1.82, 2.24) is 0 Å². The minimum atomic E-state index is 1.08. The molecule has 0 spiro atoms. The van der Waals surface area contributed by atoms with Crippen molar-refractivity contribution < 1.29 is 0 Å². The molecule has 1 heteroatoms. The Morgan fingerprint density at radius 2 is 0.661 bits per heavy atom. The van der Waals surface area contributed by atoms with Gasteiger partial charge < -0.3 is 4.90 Å². The summed E-state index contributed by atoms with van der Waals surface area (Å²) in [5.74, 6) is 0. The molecule has 0 aliphatic heterocycles. The molecule has 0 aliphatic carbocycles. The highest BCUT2D eigenvalue weighted by Crippen LogP contribution is 2.46. The molecule has 59 heavy (non-hydrogen) atoms. The molecule has 0 aliphatic rings. The zero-order valence-corrected chi connectivity index (χ0v) is 32.6. The molecule has 10 aromatic rings. The van der Waals surface area contributed by atoms with E-state index in [4.69, 9.17) is 0 Å². The fourth-order valence-corrected chi connectivity index (χ4v) is 8.41. The largest absolute Gasteiger partial charge is 0.309 e. The summed E-state index contributed by atoms with van der Waals surface area (Å²) >= 11 is 0. The molecule has 0 saturated carbocycles. The second-order valence-corrected chi connectivity index (χ2v) is 14.9. The molecule has 10 aromatic carbocycles. The zero-order chi connectivity index (χ0) is 39.4. The Balaban J connectivity index is 1.13. The van der Waals surface area contributed by atoms with E-state index in [2.05, 4.69) is 254 Å². The van der Waals surface area contributed by atoms with Gasteiger partial charge in [-0.05, 0) is 103 Å². The van der Waals surface area contributed by atoms with Crippen molar-refractivity contribution in [2.45, 2.75) is 0 Å². The molecule has 0 saturated heterocycles. The Hall–Kier alpha value is -7.74. The normalized spacial score (nSPS) is 11.1. The average Bonchev–Trinajstić information content (AvgIpc) is 3.33. The van der Waals surface area contributed by atoms with E-state index in [1.807, 2.05) is 0 Å². The third-order valence-electron chi connectivity index (χ3n) is 11.3. The average molecular weight is 752 g/mol. The molecule has 1 nitrogen and oxygen atoms in total. The number of benzene rings is 10. The topological polar surface area (TPSA) is 3.24 Å². The third-order valence-corrected chi connectivity index (χ3v) is 11.3. The molecule has 0 atom stereocenters. The maximum atomic E-state index is 2.43. The molecular formula is C58H41N. The molecule has 278 valence electrons. The van der Waals surface area contributed by atoms with Crippen LogP contribution in [0.5, 0.6) is 0 Å². The van der Waals surface area contributed by atoms with Crippen LogP contribution in [-0.4, -0.2) is 0 Å². The number of anilines is 3. The van der Waals surface area contributed by atoms with Crippen molar-refractivity contribution in [2.75, 3.05) is 4.90 Å². The molecule has 0 N–H and O–H groups in total. The van der Waals surface area contributed by atoms with Crippen LogP contribution < -0.4 is 4.90 Å². The van der Waals surface area contributed by atoms with Gasteiger partial charge in [0.25, 0.3) is 0 Å². The van der Waals surface area contributed by atoms with Crippen molar-refractivity contribution in [1.29, 1.82) is 0 Å². The van der Waals surface area contributed by atoms with Crippen LogP contribution in [0.25, 0.3) is 77.5 Å². The van der Waals surface area contributed by atoms with E-state index in [1.165, 1.54) is 66.4 Å². The van der Waals surface area contributed by atoms with Crippen LogP contribution in [-0.2, 0) is 0 Å². The van der Waals surface area contributed by atoms with Crippen LogP contribution >= 0.6 is 0 Å². The van der Waals surface area contributed by atoms with E-state index in [0.29, 0.717) is 0 Å². The van der Waals surface area contributed by atoms with Crippen LogP contribution in [0.3, 0.4) is 0 Å². The number of nitrogens with zero attached hydrogens (tertiary/aromatic N) is 1. The van der Waals surface area contributed by atoms with Crippen molar-refractivity contribution in [3.05, 3.63) is 249 Å². The van der Waals surface area contributed by atoms with Crippen LogP contribution in [0.2, 0.25) is 0 Å². The first kappa shape index (κ1) is 35.7. The summed E-state index contributed by atoms with van der Waals surface area (Å²) in [5, 5.41) is 2.50. The van der Waals surface area contributed by atoms with Gasteiger partial charge in [0.05, 0.1) is 11.4 Å². The predicted octanol–water partition coefficient (Wildman–Crippen LogP) is 16.3. The van der Waals surface area contributed by atoms with E-state index in [0.717, 1.165) is 28.2 Å². The van der Waals surface area contributed by atoms with Crippen LogP contribution in [0, 0.1) is 0 Å². The maximum absolute atomic E-state index is 2.43. The Morgan fingerprint density at radius 1 is 0.220 bits per heavy atom. The van der Waals surface area contributed by atoms with Gasteiger partial charge in [-0.2, -0.15) is 0 Å². The lowest BCUT2D eigenvalue weighted by molar-refractivity contribution is 1.28. The monoisotopic (exact) mass is 751 g/mol. The summed E-state index contributed by atoms with van der Waals surface area (Å²) in [7, 11) is 0. The van der Waals surface area contributed by atoms with Crippen molar-refractivity contribution in [3.63, 3.8) is 0 Å². The Morgan fingerprint density at radius 3 is 1.34 bits per heavy atom. The van der Waals surface area contributed by atoms with Gasteiger partial charge >= 0.3 is 0 Å². The number of para-hydroxylation sites is 1. The first-order valence-electron chi connectivity index (χ1n) is 20.3. The van der Waals surface area contributed by atoms with E-state index >= 15 is 0 Å². The highest BCUT2D eigenvalue weighted by Gasteiger charge is 2.22. The van der Waals surface area contributed by atoms with Gasteiger partial charge in [-0.1, -0.05) is 212 Å². The lowest BCUT2D eigenvalue weighted by Gasteiger charge is -2.30. The van der Waals surface area contributed by atoms with E-state index in [1.54, 1.807) is 0 Å². The lowest BCUT2D eigenvalue weighted by Crippen LogP contribution is -2.12. The van der Waals surface area contributed by atoms with Crippen LogP contribution in [0.4, 0.5) is 17.1 Å². The molecular weight excluding hydrogens is 711 g/mol. The van der Waals surface area contributed by atoms with E-state index < -0.39 is 0 Å². The van der Waals surface area contributed by atoms with Gasteiger partial charge in [-0.25, -0.2) is 0 Å². The molecule has 0 unspecified atom stereocenters. The predicted molar refractivity (Wildman–Crippen MR) is 251 cm³/mol. The molecule has 0 heterocycles. The molecule has 10 rings (SSSR count). The zero-order valence-electron chi connectivity index (χ0n) is 32.6. The Kier molecular flexibility index (Phi) is 9.68. The summed E-state index contributed by atoms with van der Waals surface area (Å²) in [6, 6.07) is 89.8. The standard InChI is InChI=1S/C58H41N/c1-5-18-42(19-6-1)49-35-39-58(56(41-49)47-24-11-4-12-25-47)59(57-31-16-15-29-52(57)45-20-7-2-8-21-45)50-36-32-43(33-37-50)48-34-38-54(55(40-48)46-22-9-3-10-23-46)53-30-17-27-44-26-13-14-28-51(44)53/h1-41H. The van der Waals surface area contributed by atoms with Gasteiger partial charge in [0.15, 0.2) is 0 Å². The van der Waals surface area contributed by atoms with Gasteiger partial charge in [-0.3, -0.25) is 0 Å². The number of hydrogen-bond donors (Lipinski definition) is 0. The van der Waals surface area contributed by atoms with Crippen molar-refractivity contribution in [2.24, 2.45) is 0 Å². The molecule has 0 amide bonds. The van der Waals surface area contributed by atoms with Gasteiger partial charge in [0, 0.05) is 16.8 Å². The quantitative estimate of drug-likeness (QED) is 0.142. The maximum Gasteiger partial charge on any atom is 0.0540 e. The Bertz CT molecular complexity index is 3000. The fourth-order valence-electron chi connectivity index (χ4n) is 8.41. The van der Waals surface area contributed by atoms with Crippen LogP contribution in [0.15, 0.2) is 249 Å². The molecule has 0 radical (unpaired) electrons. The third kappa shape index (κ3) is 7.12. The molecule has 0 bridgehead atoms. The van der Waals surface area contributed by atoms with Gasteiger partial charge in [0.2, 0.25) is 0 Å². The number of fused-ring (bicyclic) bond motifs is 1. The minimum Gasteiger partial charge on any atom is -0.309 e. The van der Waals surface area contributed by atoms with Crippen molar-refractivity contribution in [3.8, 4) is 66.8 Å². The first-order valence-corrected chi connectivity index (χ1v) is 20.3. The van der Waals surface area contributed by atoms with Gasteiger partial charge in [0.1, 0.15) is 0 Å². The van der Waals surface area contributed by atoms with Crippen molar-refractivity contribution >= 4 is 27.8 Å². The summed E-state index contributed by atoms with van der Waals surface area (Å²) in [6.07, 6.45) is 0. The number of rotatable bonds is 9. The fraction of sp³-hybridized carbons (Fsp3) is 0. The highest BCUT2D eigenvalue weighted by atomic mass is 15.1. The molecule has 0 fully saturated rings. The summed E-state index contributed by atoms with van der Waals surface area (Å²) < 4.78 is 0. The van der Waals surface area contributed by atoms with E-state index in [-0.39, 0.29) is 0 Å². The second-order valence-electron chi connectivity index (χ2n) is 14.9. The lowest BCUT2D eigenvalue weighted by atomic mass is 9.89. The minimum absolute atomic E-state index is 1.08. The van der Waals surface area contributed by atoms with Crippen LogP contribution in [0.1, 0.15) is 0 Å². The smallest absolute Gasteiger partial charge is 0.0540 e. The van der Waals surface area contributed by atoms with Gasteiger partial charge in [-0.15, -0.1) is 0 Å². The van der Waals surface area contributed by atoms with E-state index in [9.17, 15) is 0 Å². The second kappa shape index (κ2) is 16.0. The summed E-state index contributed by atoms with van der Waals surface area (Å²) in [4.78, 5) is 2.43. The Labute approximate surface area is 346 Å². The SMILES string of the molecule is c1ccc(-c2ccc(N(c3ccc(-c4ccc(-c5cccc6ccccc56)c(-c5ccccc5)c4)cc3)c3ccccc3-c3ccccc3)c(-c3ccccc3)c2)cc1. The highest BCUT2D eigenvalue weighted by molar-refractivity contribution is 6.01. The summed E-state index contributed by atoms with van der Waals surface area (Å²) in [5.41, 5.74) is 17.6. The number of hydrogen-bond acceptors (Lipinski definition) is 1. The summed E-state index contributed by atoms with van der Waals surface area (Å²) in [6.45, 7) is 0.